The molecule has 1 amide bonds. The van der Waals surface area contributed by atoms with Crippen LogP contribution >= 0.6 is 12.2 Å². The van der Waals surface area contributed by atoms with Gasteiger partial charge >= 0.3 is 0 Å². The predicted molar refractivity (Wildman–Crippen MR) is 60.1 cm³/mol. The van der Waals surface area contributed by atoms with E-state index in [1.807, 2.05) is 25.1 Å². The van der Waals surface area contributed by atoms with Crippen molar-refractivity contribution in [2.45, 2.75) is 13.3 Å². The molecule has 0 aliphatic heterocycles. The van der Waals surface area contributed by atoms with E-state index < -0.39 is 0 Å². The Morgan fingerprint density at radius 3 is 2.71 bits per heavy atom. The number of nitrogens with one attached hydrogen (secondary N) is 1. The summed E-state index contributed by atoms with van der Waals surface area (Å²) < 4.78 is 0. The Balaban J connectivity index is 2.94. The second kappa shape index (κ2) is 4.72. The van der Waals surface area contributed by atoms with Crippen molar-refractivity contribution in [1.82, 2.24) is 5.32 Å². The standard InChI is InChI=1S/C10H12N2OS/c1-2-7-5-3-4-6-8(7)9(13)12-10(11)14/h3-6H,2H2,1H3,(H3,11,12,13,14). The lowest BCUT2D eigenvalue weighted by molar-refractivity contribution is 0.0976. The Morgan fingerprint density at radius 1 is 1.50 bits per heavy atom. The molecule has 4 heteroatoms. The molecule has 0 fully saturated rings. The second-order valence-corrected chi connectivity index (χ2v) is 3.27. The molecular weight excluding hydrogens is 196 g/mol. The van der Waals surface area contributed by atoms with Crippen LogP contribution in [0.3, 0.4) is 0 Å². The molecule has 1 aromatic carbocycles. The maximum absolute atomic E-state index is 11.6. The minimum absolute atomic E-state index is 0.000839. The molecule has 0 unspecified atom stereocenters. The zero-order chi connectivity index (χ0) is 10.6. The first-order valence-corrected chi connectivity index (χ1v) is 4.74. The summed E-state index contributed by atoms with van der Waals surface area (Å²) in [6.07, 6.45) is 0.806. The monoisotopic (exact) mass is 208 g/mol. The first kappa shape index (κ1) is 10.7. The van der Waals surface area contributed by atoms with Gasteiger partial charge in [-0.25, -0.2) is 0 Å². The number of hydrogen-bond acceptors (Lipinski definition) is 2. The molecule has 0 bridgehead atoms. The van der Waals surface area contributed by atoms with Crippen molar-refractivity contribution >= 4 is 23.2 Å². The number of rotatable bonds is 2. The SMILES string of the molecule is CCc1ccccc1C(=O)NC(N)=S. The third-order valence-electron chi connectivity index (χ3n) is 1.88. The number of thiocarbonyl (C=S) groups is 1. The van der Waals surface area contributed by atoms with E-state index in [0.717, 1.165) is 12.0 Å². The van der Waals surface area contributed by atoms with Gasteiger partial charge in [0.25, 0.3) is 5.91 Å². The molecule has 0 spiro atoms. The van der Waals surface area contributed by atoms with Crippen LogP contribution in [0.15, 0.2) is 24.3 Å². The summed E-state index contributed by atoms with van der Waals surface area (Å²) in [4.78, 5) is 11.6. The van der Waals surface area contributed by atoms with Gasteiger partial charge < -0.3 is 5.73 Å². The van der Waals surface area contributed by atoms with Crippen LogP contribution < -0.4 is 11.1 Å². The molecule has 74 valence electrons. The van der Waals surface area contributed by atoms with Crippen molar-refractivity contribution in [2.24, 2.45) is 5.73 Å². The Hall–Kier alpha value is -1.42. The van der Waals surface area contributed by atoms with Crippen molar-refractivity contribution < 1.29 is 4.79 Å². The van der Waals surface area contributed by atoms with Crippen LogP contribution in [-0.4, -0.2) is 11.0 Å². The molecule has 0 radical (unpaired) electrons. The van der Waals surface area contributed by atoms with Gasteiger partial charge in [0.05, 0.1) is 0 Å². The summed E-state index contributed by atoms with van der Waals surface area (Å²) in [5.41, 5.74) is 6.84. The Bertz CT molecular complexity index is 363. The minimum Gasteiger partial charge on any atom is -0.376 e. The summed E-state index contributed by atoms with van der Waals surface area (Å²) >= 11 is 4.60. The summed E-state index contributed by atoms with van der Waals surface area (Å²) in [6.45, 7) is 1.99. The molecule has 0 saturated carbocycles. The Labute approximate surface area is 88.3 Å². The normalized spacial score (nSPS) is 9.50. The number of carbonyl (C=O) groups excluding carboxylic acids is 1. The van der Waals surface area contributed by atoms with Crippen molar-refractivity contribution in [3.8, 4) is 0 Å². The molecule has 1 aromatic rings. The zero-order valence-corrected chi connectivity index (χ0v) is 8.73. The molecule has 0 aliphatic rings. The summed E-state index contributed by atoms with van der Waals surface area (Å²) in [5, 5.41) is 2.40. The average molecular weight is 208 g/mol. The van der Waals surface area contributed by atoms with Gasteiger partial charge in [0.2, 0.25) is 0 Å². The van der Waals surface area contributed by atoms with E-state index in [2.05, 4.69) is 17.5 Å². The number of aryl methyl sites for hydroxylation is 1. The number of benzene rings is 1. The molecule has 14 heavy (non-hydrogen) atoms. The van der Waals surface area contributed by atoms with Gasteiger partial charge in [-0.2, -0.15) is 0 Å². The molecular formula is C10H12N2OS. The molecule has 0 aliphatic carbocycles. The third-order valence-corrected chi connectivity index (χ3v) is 1.98. The number of amides is 1. The lowest BCUT2D eigenvalue weighted by Crippen LogP contribution is -2.35. The smallest absolute Gasteiger partial charge is 0.257 e. The fourth-order valence-electron chi connectivity index (χ4n) is 1.23. The van der Waals surface area contributed by atoms with Gasteiger partial charge in [0.15, 0.2) is 5.11 Å². The molecule has 0 aromatic heterocycles. The second-order valence-electron chi connectivity index (χ2n) is 2.83. The number of nitrogens with two attached hydrogens (primary N) is 1. The van der Waals surface area contributed by atoms with E-state index >= 15 is 0 Å². The van der Waals surface area contributed by atoms with Crippen molar-refractivity contribution in [3.05, 3.63) is 35.4 Å². The number of hydrogen-bond donors (Lipinski definition) is 2. The fraction of sp³-hybridized carbons (Fsp3) is 0.200. The maximum atomic E-state index is 11.6. The van der Waals surface area contributed by atoms with Crippen molar-refractivity contribution in [1.29, 1.82) is 0 Å². The third kappa shape index (κ3) is 2.53. The highest BCUT2D eigenvalue weighted by molar-refractivity contribution is 7.80. The average Bonchev–Trinajstić information content (AvgIpc) is 2.16. The lowest BCUT2D eigenvalue weighted by Gasteiger charge is -2.06. The van der Waals surface area contributed by atoms with E-state index in [1.165, 1.54) is 0 Å². The topological polar surface area (TPSA) is 55.1 Å². The van der Waals surface area contributed by atoms with Gasteiger partial charge in [-0.05, 0) is 30.3 Å². The molecule has 1 rings (SSSR count). The van der Waals surface area contributed by atoms with Crippen LogP contribution in [0.1, 0.15) is 22.8 Å². The highest BCUT2D eigenvalue weighted by Crippen LogP contribution is 2.08. The predicted octanol–water partition coefficient (Wildman–Crippen LogP) is 1.22. The molecule has 0 atom stereocenters. The van der Waals surface area contributed by atoms with Gasteiger partial charge in [0.1, 0.15) is 0 Å². The van der Waals surface area contributed by atoms with Crippen LogP contribution in [0.4, 0.5) is 0 Å². The molecule has 0 heterocycles. The van der Waals surface area contributed by atoms with Gasteiger partial charge in [-0.3, -0.25) is 10.1 Å². The van der Waals surface area contributed by atoms with E-state index in [9.17, 15) is 4.79 Å². The first-order valence-electron chi connectivity index (χ1n) is 4.33. The van der Waals surface area contributed by atoms with Gasteiger partial charge in [0, 0.05) is 5.56 Å². The largest absolute Gasteiger partial charge is 0.376 e. The van der Waals surface area contributed by atoms with Crippen LogP contribution in [0.5, 0.6) is 0 Å². The maximum Gasteiger partial charge on any atom is 0.257 e. The van der Waals surface area contributed by atoms with Gasteiger partial charge in [-0.1, -0.05) is 25.1 Å². The van der Waals surface area contributed by atoms with Crippen molar-refractivity contribution in [3.63, 3.8) is 0 Å². The first-order chi connectivity index (χ1) is 6.65. The lowest BCUT2D eigenvalue weighted by atomic mass is 10.1. The van der Waals surface area contributed by atoms with E-state index in [4.69, 9.17) is 5.73 Å². The summed E-state index contributed by atoms with van der Waals surface area (Å²) in [7, 11) is 0. The summed E-state index contributed by atoms with van der Waals surface area (Å²) in [6, 6.07) is 7.38. The highest BCUT2D eigenvalue weighted by Gasteiger charge is 2.09. The van der Waals surface area contributed by atoms with Crippen LogP contribution in [0.25, 0.3) is 0 Å². The van der Waals surface area contributed by atoms with Crippen molar-refractivity contribution in [2.75, 3.05) is 0 Å². The zero-order valence-electron chi connectivity index (χ0n) is 7.91. The van der Waals surface area contributed by atoms with E-state index in [-0.39, 0.29) is 11.0 Å². The van der Waals surface area contributed by atoms with Crippen LogP contribution in [0, 0.1) is 0 Å². The quantitative estimate of drug-likeness (QED) is 0.719. The number of carbonyl (C=O) groups is 1. The molecule has 3 N–H and O–H groups in total. The Morgan fingerprint density at radius 2 is 2.14 bits per heavy atom. The van der Waals surface area contributed by atoms with Crippen LogP contribution in [-0.2, 0) is 6.42 Å². The van der Waals surface area contributed by atoms with Gasteiger partial charge in [-0.15, -0.1) is 0 Å². The molecule has 0 saturated heterocycles. The fourth-order valence-corrected chi connectivity index (χ4v) is 1.32. The summed E-state index contributed by atoms with van der Waals surface area (Å²) in [5.74, 6) is -0.241. The van der Waals surface area contributed by atoms with E-state index in [0.29, 0.717) is 5.56 Å². The minimum atomic E-state index is -0.241. The van der Waals surface area contributed by atoms with Crippen LogP contribution in [0.2, 0.25) is 0 Å². The highest BCUT2D eigenvalue weighted by atomic mass is 32.1. The van der Waals surface area contributed by atoms with E-state index in [1.54, 1.807) is 6.07 Å². The Kier molecular flexibility index (Phi) is 3.59. The molecule has 3 nitrogen and oxygen atoms in total.